The maximum Gasteiger partial charge on any atom is 0.248 e. The molecule has 2 aromatic rings. The van der Waals surface area contributed by atoms with E-state index in [0.717, 1.165) is 30.6 Å². The van der Waals surface area contributed by atoms with Gasteiger partial charge in [-0.1, -0.05) is 13.3 Å². The molecule has 1 saturated carbocycles. The van der Waals surface area contributed by atoms with Gasteiger partial charge in [0.05, 0.1) is 29.1 Å². The van der Waals surface area contributed by atoms with E-state index in [4.69, 9.17) is 9.72 Å². The molecule has 0 amide bonds. The first kappa shape index (κ1) is 22.6. The fraction of sp³-hybridized carbons (Fsp3) is 0.682. The number of benzene rings is 1. The van der Waals surface area contributed by atoms with E-state index in [2.05, 4.69) is 11.5 Å². The lowest BCUT2D eigenvalue weighted by Crippen LogP contribution is -2.40. The highest BCUT2D eigenvalue weighted by Gasteiger charge is 2.35. The fourth-order valence-electron chi connectivity index (χ4n) is 4.53. The smallest absolute Gasteiger partial charge is 0.248 e. The van der Waals surface area contributed by atoms with Crippen LogP contribution in [0.4, 0.5) is 8.78 Å². The molecular formula is C22H31F2N3O3S. The Morgan fingerprint density at radius 3 is 2.58 bits per heavy atom. The summed E-state index contributed by atoms with van der Waals surface area (Å²) in [5.41, 5.74) is 1.53. The van der Waals surface area contributed by atoms with Crippen molar-refractivity contribution < 1.29 is 21.9 Å². The van der Waals surface area contributed by atoms with Crippen molar-refractivity contribution in [3.05, 3.63) is 24.0 Å². The van der Waals surface area contributed by atoms with Gasteiger partial charge in [-0.05, 0) is 43.4 Å². The van der Waals surface area contributed by atoms with E-state index in [-0.39, 0.29) is 23.7 Å². The monoisotopic (exact) mass is 455 g/mol. The molecule has 1 aromatic carbocycles. The summed E-state index contributed by atoms with van der Waals surface area (Å²) in [6, 6.07) is 5.12. The van der Waals surface area contributed by atoms with Crippen LogP contribution in [0.2, 0.25) is 0 Å². The predicted molar refractivity (Wildman–Crippen MR) is 115 cm³/mol. The minimum atomic E-state index is -3.59. The Kier molecular flexibility index (Phi) is 6.65. The van der Waals surface area contributed by atoms with Crippen molar-refractivity contribution in [1.29, 1.82) is 0 Å². The van der Waals surface area contributed by atoms with Crippen LogP contribution >= 0.6 is 0 Å². The highest BCUT2D eigenvalue weighted by Crippen LogP contribution is 2.37. The van der Waals surface area contributed by atoms with Gasteiger partial charge < -0.3 is 9.30 Å². The molecule has 172 valence electrons. The van der Waals surface area contributed by atoms with Gasteiger partial charge >= 0.3 is 0 Å². The number of hydrogen-bond acceptors (Lipinski definition) is 4. The van der Waals surface area contributed by atoms with Gasteiger partial charge in [0.2, 0.25) is 15.9 Å². The topological polar surface area (TPSA) is 64.4 Å². The Morgan fingerprint density at radius 1 is 1.19 bits per heavy atom. The number of fused-ring (bicyclic) bond motifs is 1. The lowest BCUT2D eigenvalue weighted by atomic mass is 9.86. The standard InChI is InChI=1S/C22H31F2N3O3S/c1-2-3-4-21-25-19-15-18(31(28,29)26-11-13-30-14-12-26)5-6-20(19)27(21)16-17-7-9-22(23,24)10-8-17/h5-6,15,17H,2-4,7-14,16H2,1H3. The Hall–Kier alpha value is -1.58. The van der Waals surface area contributed by atoms with Crippen LogP contribution in [0.25, 0.3) is 11.0 Å². The molecule has 1 saturated heterocycles. The highest BCUT2D eigenvalue weighted by atomic mass is 32.2. The largest absolute Gasteiger partial charge is 0.379 e. The number of morpholine rings is 1. The number of nitrogens with zero attached hydrogens (tertiary/aromatic N) is 3. The molecule has 2 aliphatic rings. The molecule has 2 fully saturated rings. The van der Waals surface area contributed by atoms with Gasteiger partial charge in [0.1, 0.15) is 5.82 Å². The number of aromatic nitrogens is 2. The number of halogens is 2. The summed E-state index contributed by atoms with van der Waals surface area (Å²) in [5.74, 6) is -1.44. The number of rotatable bonds is 7. The molecule has 4 rings (SSSR count). The van der Waals surface area contributed by atoms with E-state index >= 15 is 0 Å². The fourth-order valence-corrected chi connectivity index (χ4v) is 5.95. The molecule has 1 aromatic heterocycles. The van der Waals surface area contributed by atoms with Gasteiger partial charge in [0.15, 0.2) is 0 Å². The third-order valence-electron chi connectivity index (χ3n) is 6.44. The molecule has 31 heavy (non-hydrogen) atoms. The van der Waals surface area contributed by atoms with Gasteiger partial charge in [-0.15, -0.1) is 0 Å². The third-order valence-corrected chi connectivity index (χ3v) is 8.33. The van der Waals surface area contributed by atoms with Crippen LogP contribution in [0.1, 0.15) is 51.3 Å². The zero-order valence-electron chi connectivity index (χ0n) is 18.0. The van der Waals surface area contributed by atoms with E-state index < -0.39 is 15.9 Å². The van der Waals surface area contributed by atoms with E-state index in [0.29, 0.717) is 51.2 Å². The average molecular weight is 456 g/mol. The third kappa shape index (κ3) is 4.93. The maximum atomic E-state index is 13.6. The Bertz CT molecular complexity index is 1010. The SMILES string of the molecule is CCCCc1nc2cc(S(=O)(=O)N3CCOCC3)ccc2n1CC1CCC(F)(F)CC1. The lowest BCUT2D eigenvalue weighted by Gasteiger charge is -2.29. The zero-order valence-corrected chi connectivity index (χ0v) is 18.8. The average Bonchev–Trinajstić information content (AvgIpc) is 3.10. The Labute approximate surface area is 182 Å². The van der Waals surface area contributed by atoms with Crippen molar-refractivity contribution in [2.75, 3.05) is 26.3 Å². The van der Waals surface area contributed by atoms with E-state index in [1.807, 2.05) is 6.07 Å². The molecule has 1 aliphatic carbocycles. The second-order valence-corrected chi connectivity index (χ2v) is 10.6. The van der Waals surface area contributed by atoms with Gasteiger partial charge in [-0.3, -0.25) is 0 Å². The quantitative estimate of drug-likeness (QED) is 0.627. The predicted octanol–water partition coefficient (Wildman–Crippen LogP) is 4.23. The second-order valence-electron chi connectivity index (χ2n) is 8.71. The first-order valence-electron chi connectivity index (χ1n) is 11.2. The van der Waals surface area contributed by atoms with Crippen molar-refractivity contribution >= 4 is 21.1 Å². The lowest BCUT2D eigenvalue weighted by molar-refractivity contribution is -0.0472. The Morgan fingerprint density at radius 2 is 1.90 bits per heavy atom. The number of aryl methyl sites for hydroxylation is 1. The van der Waals surface area contributed by atoms with Crippen LogP contribution < -0.4 is 0 Å². The minimum Gasteiger partial charge on any atom is -0.379 e. The normalized spacial score (nSPS) is 21.0. The molecule has 0 spiro atoms. The van der Waals surface area contributed by atoms with Crippen LogP contribution in [0, 0.1) is 5.92 Å². The molecular weight excluding hydrogens is 424 g/mol. The molecule has 0 unspecified atom stereocenters. The van der Waals surface area contributed by atoms with Crippen LogP contribution in [0.5, 0.6) is 0 Å². The number of alkyl halides is 2. The van der Waals surface area contributed by atoms with Crippen molar-refractivity contribution in [3.63, 3.8) is 0 Å². The molecule has 2 heterocycles. The van der Waals surface area contributed by atoms with Crippen molar-refractivity contribution in [1.82, 2.24) is 13.9 Å². The van der Waals surface area contributed by atoms with Crippen molar-refractivity contribution in [2.24, 2.45) is 5.92 Å². The first-order valence-corrected chi connectivity index (χ1v) is 12.7. The number of hydrogen-bond donors (Lipinski definition) is 0. The van der Waals surface area contributed by atoms with Crippen LogP contribution in [0.3, 0.4) is 0 Å². The van der Waals surface area contributed by atoms with Crippen molar-refractivity contribution in [3.8, 4) is 0 Å². The van der Waals surface area contributed by atoms with Gasteiger partial charge in [0.25, 0.3) is 0 Å². The van der Waals surface area contributed by atoms with Crippen LogP contribution in [-0.4, -0.2) is 54.5 Å². The summed E-state index contributed by atoms with van der Waals surface area (Å²) in [6.45, 7) is 4.27. The molecule has 9 heteroatoms. The molecule has 0 radical (unpaired) electrons. The number of sulfonamides is 1. The van der Waals surface area contributed by atoms with Gasteiger partial charge in [0, 0.05) is 38.9 Å². The zero-order chi connectivity index (χ0) is 22.1. The first-order chi connectivity index (χ1) is 14.8. The molecule has 1 aliphatic heterocycles. The van der Waals surface area contributed by atoms with Crippen LogP contribution in [-0.2, 0) is 27.7 Å². The molecule has 0 atom stereocenters. The molecule has 6 nitrogen and oxygen atoms in total. The summed E-state index contributed by atoms with van der Waals surface area (Å²) in [7, 11) is -3.59. The van der Waals surface area contributed by atoms with E-state index in [1.165, 1.54) is 4.31 Å². The summed E-state index contributed by atoms with van der Waals surface area (Å²) in [5, 5.41) is 0. The van der Waals surface area contributed by atoms with Crippen molar-refractivity contribution in [2.45, 2.75) is 69.2 Å². The summed E-state index contributed by atoms with van der Waals surface area (Å²) >= 11 is 0. The van der Waals surface area contributed by atoms with Crippen LogP contribution in [0.15, 0.2) is 23.1 Å². The number of ether oxygens (including phenoxy) is 1. The summed E-state index contributed by atoms with van der Waals surface area (Å²) in [6.07, 6.45) is 3.68. The minimum absolute atomic E-state index is 0.0590. The maximum absolute atomic E-state index is 13.6. The van der Waals surface area contributed by atoms with Gasteiger partial charge in [-0.25, -0.2) is 22.2 Å². The summed E-state index contributed by atoms with van der Waals surface area (Å²) in [4.78, 5) is 5.01. The number of unbranched alkanes of at least 4 members (excludes halogenated alkanes) is 1. The molecule has 0 bridgehead atoms. The van der Waals surface area contributed by atoms with E-state index in [9.17, 15) is 17.2 Å². The highest BCUT2D eigenvalue weighted by molar-refractivity contribution is 7.89. The number of imidazole rings is 1. The second kappa shape index (κ2) is 9.11. The summed E-state index contributed by atoms with van der Waals surface area (Å²) < 4.78 is 62.1. The van der Waals surface area contributed by atoms with E-state index in [1.54, 1.807) is 12.1 Å². The Balaban J connectivity index is 1.63. The molecule has 0 N–H and O–H groups in total. The van der Waals surface area contributed by atoms with Gasteiger partial charge in [-0.2, -0.15) is 4.31 Å².